The highest BCUT2D eigenvalue weighted by Crippen LogP contribution is 2.31. The van der Waals surface area contributed by atoms with E-state index >= 15 is 0 Å². The Labute approximate surface area is 120 Å². The molecule has 2 nitrogen and oxygen atoms in total. The van der Waals surface area contributed by atoms with Gasteiger partial charge >= 0.3 is 0 Å². The molecule has 1 N–H and O–H groups in total. The number of rotatable bonds is 3. The highest BCUT2D eigenvalue weighted by molar-refractivity contribution is 5.38. The second-order valence-corrected chi connectivity index (χ2v) is 5.58. The van der Waals surface area contributed by atoms with E-state index in [1.165, 1.54) is 17.5 Å². The number of hydrogen-bond acceptors (Lipinski definition) is 2. The quantitative estimate of drug-likeness (QED) is 0.918. The van der Waals surface area contributed by atoms with Crippen LogP contribution in [0.2, 0.25) is 0 Å². The minimum atomic E-state index is 0.424. The number of phenolic OH excluding ortho intramolecular Hbond substituents is 1. The third-order valence-corrected chi connectivity index (χ3v) is 4.24. The largest absolute Gasteiger partial charge is 0.508 e. The van der Waals surface area contributed by atoms with Crippen LogP contribution in [0.3, 0.4) is 0 Å². The van der Waals surface area contributed by atoms with Crippen LogP contribution in [0.25, 0.3) is 0 Å². The van der Waals surface area contributed by atoms with Crippen molar-refractivity contribution in [2.24, 2.45) is 5.92 Å². The van der Waals surface area contributed by atoms with E-state index in [9.17, 15) is 5.11 Å². The molecule has 0 aromatic heterocycles. The number of aromatic hydroxyl groups is 1. The molecule has 20 heavy (non-hydrogen) atoms. The van der Waals surface area contributed by atoms with E-state index in [1.54, 1.807) is 13.2 Å². The molecule has 2 heteroatoms. The van der Waals surface area contributed by atoms with Crippen molar-refractivity contribution in [3.8, 4) is 11.5 Å². The van der Waals surface area contributed by atoms with Gasteiger partial charge in [-0.05, 0) is 66.5 Å². The Balaban J connectivity index is 1.74. The van der Waals surface area contributed by atoms with Crippen molar-refractivity contribution in [2.45, 2.75) is 25.7 Å². The van der Waals surface area contributed by atoms with Crippen molar-refractivity contribution < 1.29 is 9.84 Å². The van der Waals surface area contributed by atoms with Crippen molar-refractivity contribution >= 4 is 0 Å². The van der Waals surface area contributed by atoms with Gasteiger partial charge in [-0.1, -0.05) is 24.3 Å². The first kappa shape index (κ1) is 13.0. The van der Waals surface area contributed by atoms with E-state index in [1.807, 2.05) is 24.3 Å². The summed E-state index contributed by atoms with van der Waals surface area (Å²) in [5, 5.41) is 9.89. The van der Waals surface area contributed by atoms with Crippen LogP contribution >= 0.6 is 0 Å². The standard InChI is InChI=1S/C18H20O2/c1-20-17-9-8-14-10-13(6-7-15(14)12-17)11-16-4-2-3-5-18(16)19/h2-5,8-9,12-13,19H,6-7,10-11H2,1H3. The maximum absolute atomic E-state index is 9.89. The molecule has 0 aliphatic heterocycles. The maximum atomic E-state index is 9.89. The summed E-state index contributed by atoms with van der Waals surface area (Å²) in [6.07, 6.45) is 4.32. The Morgan fingerprint density at radius 3 is 2.80 bits per heavy atom. The third kappa shape index (κ3) is 2.64. The van der Waals surface area contributed by atoms with Crippen LogP contribution in [-0.2, 0) is 19.3 Å². The van der Waals surface area contributed by atoms with Gasteiger partial charge in [-0.3, -0.25) is 0 Å². The highest BCUT2D eigenvalue weighted by atomic mass is 16.5. The number of hydrogen-bond donors (Lipinski definition) is 1. The van der Waals surface area contributed by atoms with Crippen LogP contribution in [0.5, 0.6) is 11.5 Å². The average molecular weight is 268 g/mol. The van der Waals surface area contributed by atoms with E-state index in [4.69, 9.17) is 4.74 Å². The molecule has 0 saturated heterocycles. The predicted molar refractivity (Wildman–Crippen MR) is 80.3 cm³/mol. The number of methoxy groups -OCH3 is 1. The molecule has 2 aromatic carbocycles. The summed E-state index contributed by atoms with van der Waals surface area (Å²) in [5.74, 6) is 1.99. The molecular formula is C18H20O2. The van der Waals surface area contributed by atoms with Crippen LogP contribution < -0.4 is 4.74 Å². The van der Waals surface area contributed by atoms with Crippen LogP contribution in [0.1, 0.15) is 23.1 Å². The van der Waals surface area contributed by atoms with Gasteiger partial charge in [0.1, 0.15) is 11.5 Å². The molecule has 0 spiro atoms. The molecule has 0 radical (unpaired) electrons. The van der Waals surface area contributed by atoms with Crippen molar-refractivity contribution in [1.82, 2.24) is 0 Å². The summed E-state index contributed by atoms with van der Waals surface area (Å²) in [7, 11) is 1.71. The fourth-order valence-corrected chi connectivity index (χ4v) is 3.10. The Kier molecular flexibility index (Phi) is 3.64. The number of fused-ring (bicyclic) bond motifs is 1. The Bertz CT molecular complexity index is 604. The first-order chi connectivity index (χ1) is 9.76. The van der Waals surface area contributed by atoms with Gasteiger partial charge in [0.25, 0.3) is 0 Å². The average Bonchev–Trinajstić information content (AvgIpc) is 2.49. The first-order valence-corrected chi connectivity index (χ1v) is 7.19. The molecule has 1 unspecified atom stereocenters. The molecule has 3 rings (SSSR count). The Morgan fingerprint density at radius 1 is 1.15 bits per heavy atom. The molecule has 2 aromatic rings. The number of benzene rings is 2. The monoisotopic (exact) mass is 268 g/mol. The van der Waals surface area contributed by atoms with Crippen LogP contribution in [0.15, 0.2) is 42.5 Å². The lowest BCUT2D eigenvalue weighted by atomic mass is 9.80. The van der Waals surface area contributed by atoms with E-state index in [0.29, 0.717) is 11.7 Å². The van der Waals surface area contributed by atoms with Crippen LogP contribution in [-0.4, -0.2) is 12.2 Å². The summed E-state index contributed by atoms with van der Waals surface area (Å²) in [6, 6.07) is 14.1. The topological polar surface area (TPSA) is 29.5 Å². The van der Waals surface area contributed by atoms with Crippen LogP contribution in [0.4, 0.5) is 0 Å². The van der Waals surface area contributed by atoms with Gasteiger partial charge in [0.05, 0.1) is 7.11 Å². The molecule has 0 amide bonds. The van der Waals surface area contributed by atoms with E-state index < -0.39 is 0 Å². The fraction of sp³-hybridized carbons (Fsp3) is 0.333. The Morgan fingerprint density at radius 2 is 2.00 bits per heavy atom. The van der Waals surface area contributed by atoms with E-state index in [-0.39, 0.29) is 0 Å². The second kappa shape index (κ2) is 5.58. The SMILES string of the molecule is COc1ccc2c(c1)CCC(Cc1ccccc1O)C2. The zero-order valence-corrected chi connectivity index (χ0v) is 11.8. The number of aryl methyl sites for hydroxylation is 1. The van der Waals surface area contributed by atoms with Gasteiger partial charge in [-0.2, -0.15) is 0 Å². The zero-order chi connectivity index (χ0) is 13.9. The van der Waals surface area contributed by atoms with Crippen molar-refractivity contribution in [3.05, 3.63) is 59.2 Å². The lowest BCUT2D eigenvalue weighted by Crippen LogP contribution is -2.16. The van der Waals surface area contributed by atoms with Gasteiger partial charge in [-0.25, -0.2) is 0 Å². The normalized spacial score (nSPS) is 17.6. The number of phenols is 1. The maximum Gasteiger partial charge on any atom is 0.119 e. The van der Waals surface area contributed by atoms with Gasteiger partial charge in [0.15, 0.2) is 0 Å². The smallest absolute Gasteiger partial charge is 0.119 e. The van der Waals surface area contributed by atoms with E-state index in [2.05, 4.69) is 12.1 Å². The summed E-state index contributed by atoms with van der Waals surface area (Å²) in [4.78, 5) is 0. The minimum Gasteiger partial charge on any atom is -0.508 e. The molecule has 0 bridgehead atoms. The summed E-state index contributed by atoms with van der Waals surface area (Å²) in [5.41, 5.74) is 3.91. The highest BCUT2D eigenvalue weighted by Gasteiger charge is 2.20. The van der Waals surface area contributed by atoms with Crippen molar-refractivity contribution in [2.75, 3.05) is 7.11 Å². The molecule has 0 fully saturated rings. The lowest BCUT2D eigenvalue weighted by molar-refractivity contribution is 0.409. The van der Waals surface area contributed by atoms with Gasteiger partial charge < -0.3 is 9.84 Å². The summed E-state index contributed by atoms with van der Waals surface area (Å²) >= 11 is 0. The van der Waals surface area contributed by atoms with Gasteiger partial charge in [-0.15, -0.1) is 0 Å². The molecule has 0 saturated carbocycles. The fourth-order valence-electron chi connectivity index (χ4n) is 3.10. The van der Waals surface area contributed by atoms with Crippen molar-refractivity contribution in [1.29, 1.82) is 0 Å². The van der Waals surface area contributed by atoms with E-state index in [0.717, 1.165) is 30.6 Å². The van der Waals surface area contributed by atoms with Gasteiger partial charge in [0, 0.05) is 0 Å². The molecule has 1 aliphatic rings. The molecule has 1 aliphatic carbocycles. The van der Waals surface area contributed by atoms with Gasteiger partial charge in [0.2, 0.25) is 0 Å². The predicted octanol–water partition coefficient (Wildman–Crippen LogP) is 3.75. The lowest BCUT2D eigenvalue weighted by Gasteiger charge is -2.25. The number of ether oxygens (including phenoxy) is 1. The minimum absolute atomic E-state index is 0.424. The Hall–Kier alpha value is -1.96. The van der Waals surface area contributed by atoms with Crippen LogP contribution in [0, 0.1) is 5.92 Å². The zero-order valence-electron chi connectivity index (χ0n) is 11.8. The number of para-hydroxylation sites is 1. The summed E-state index contributed by atoms with van der Waals surface area (Å²) in [6.45, 7) is 0. The summed E-state index contributed by atoms with van der Waals surface area (Å²) < 4.78 is 5.29. The second-order valence-electron chi connectivity index (χ2n) is 5.58. The molecule has 104 valence electrons. The molecule has 1 atom stereocenters. The molecular weight excluding hydrogens is 248 g/mol. The first-order valence-electron chi connectivity index (χ1n) is 7.19. The molecule has 0 heterocycles. The van der Waals surface area contributed by atoms with Crippen molar-refractivity contribution in [3.63, 3.8) is 0 Å². The third-order valence-electron chi connectivity index (χ3n) is 4.24.